The van der Waals surface area contributed by atoms with Crippen LogP contribution in [0.15, 0.2) is 42.5 Å². The number of aryl methyl sites for hydroxylation is 1. The van der Waals surface area contributed by atoms with Crippen molar-refractivity contribution in [2.45, 2.75) is 37.5 Å². The number of non-ortho nitro benzene ring substituents is 1. The first-order valence-electron chi connectivity index (χ1n) is 10.6. The summed E-state index contributed by atoms with van der Waals surface area (Å²) >= 11 is 0. The van der Waals surface area contributed by atoms with E-state index in [1.807, 2.05) is 0 Å². The Bertz CT molecular complexity index is 1200. The zero-order valence-electron chi connectivity index (χ0n) is 19.5. The molecule has 1 aromatic heterocycles. The van der Waals surface area contributed by atoms with Gasteiger partial charge in [0.2, 0.25) is 0 Å². The number of aliphatic hydroxyl groups excluding tert-OH is 1. The van der Waals surface area contributed by atoms with Crippen LogP contribution in [0.5, 0.6) is 5.75 Å². The molecule has 2 aromatic carbocycles. The Morgan fingerprint density at radius 1 is 1.29 bits per heavy atom. The minimum atomic E-state index is -1.43. The van der Waals surface area contributed by atoms with Crippen LogP contribution in [0.25, 0.3) is 0 Å². The van der Waals surface area contributed by atoms with Crippen LogP contribution >= 0.6 is 0 Å². The lowest BCUT2D eigenvalue weighted by Gasteiger charge is -2.49. The SMILES string of the molecule is COC(OC)[C@@]1(C)Oc2ccc([N+](=O)[O-])cc2[C@H](N(Cc2nnn(C)n2)c2ccc(F)cc2)[C@H]1O. The number of halogens is 1. The fourth-order valence-electron chi connectivity index (χ4n) is 4.37. The molecule has 186 valence electrons. The molecule has 3 aromatic rings. The molecule has 0 saturated heterocycles. The number of tetrazole rings is 1. The number of aromatic nitrogens is 4. The van der Waals surface area contributed by atoms with Crippen molar-refractivity contribution < 1.29 is 28.6 Å². The summed E-state index contributed by atoms with van der Waals surface area (Å²) in [6.45, 7) is 1.67. The molecule has 0 aliphatic carbocycles. The Morgan fingerprint density at radius 2 is 1.97 bits per heavy atom. The van der Waals surface area contributed by atoms with Crippen molar-refractivity contribution in [2.75, 3.05) is 19.1 Å². The maximum Gasteiger partial charge on any atom is 0.270 e. The maximum absolute atomic E-state index is 13.8. The first kappa shape index (κ1) is 24.4. The van der Waals surface area contributed by atoms with Crippen LogP contribution in [0.2, 0.25) is 0 Å². The van der Waals surface area contributed by atoms with Gasteiger partial charge in [0.1, 0.15) is 17.7 Å². The zero-order valence-corrected chi connectivity index (χ0v) is 19.5. The van der Waals surface area contributed by atoms with Gasteiger partial charge in [0.05, 0.1) is 24.6 Å². The number of ether oxygens (including phenoxy) is 3. The highest BCUT2D eigenvalue weighted by Gasteiger charge is 2.54. The van der Waals surface area contributed by atoms with Gasteiger partial charge in [-0.25, -0.2) is 4.39 Å². The zero-order chi connectivity index (χ0) is 25.3. The van der Waals surface area contributed by atoms with E-state index in [9.17, 15) is 19.6 Å². The van der Waals surface area contributed by atoms with Crippen LogP contribution in [-0.4, -0.2) is 62.5 Å². The van der Waals surface area contributed by atoms with Crippen LogP contribution in [0.3, 0.4) is 0 Å². The molecule has 12 nitrogen and oxygen atoms in total. The lowest BCUT2D eigenvalue weighted by molar-refractivity contribution is -0.385. The highest BCUT2D eigenvalue weighted by Crippen LogP contribution is 2.47. The second kappa shape index (κ2) is 9.52. The van der Waals surface area contributed by atoms with Crippen molar-refractivity contribution in [3.05, 3.63) is 69.8 Å². The fourth-order valence-corrected chi connectivity index (χ4v) is 4.37. The van der Waals surface area contributed by atoms with Crippen molar-refractivity contribution in [3.8, 4) is 5.75 Å². The van der Waals surface area contributed by atoms with E-state index in [0.717, 1.165) is 0 Å². The van der Waals surface area contributed by atoms with Crippen molar-refractivity contribution in [3.63, 3.8) is 0 Å². The number of rotatable bonds is 8. The van der Waals surface area contributed by atoms with Crippen LogP contribution in [0, 0.1) is 15.9 Å². The van der Waals surface area contributed by atoms with E-state index in [-0.39, 0.29) is 12.2 Å². The monoisotopic (exact) mass is 488 g/mol. The number of aliphatic hydroxyl groups is 1. The summed E-state index contributed by atoms with van der Waals surface area (Å²) in [7, 11) is 4.44. The lowest BCUT2D eigenvalue weighted by Crippen LogP contribution is -2.62. The molecule has 2 heterocycles. The molecular formula is C22H25FN6O6. The Kier molecular flexibility index (Phi) is 6.65. The molecule has 1 aliphatic rings. The van der Waals surface area contributed by atoms with Gasteiger partial charge in [0.15, 0.2) is 17.7 Å². The van der Waals surface area contributed by atoms with Gasteiger partial charge in [-0.3, -0.25) is 10.1 Å². The predicted molar refractivity (Wildman–Crippen MR) is 120 cm³/mol. The lowest BCUT2D eigenvalue weighted by atomic mass is 9.83. The number of methoxy groups -OCH3 is 2. The molecule has 0 amide bonds. The minimum Gasteiger partial charge on any atom is -0.479 e. The summed E-state index contributed by atoms with van der Waals surface area (Å²) < 4.78 is 30.8. The molecule has 0 radical (unpaired) electrons. The number of anilines is 1. The van der Waals surface area contributed by atoms with Gasteiger partial charge in [0, 0.05) is 37.6 Å². The molecule has 13 heteroatoms. The highest BCUT2D eigenvalue weighted by molar-refractivity contribution is 5.55. The average Bonchev–Trinajstić information content (AvgIpc) is 3.24. The maximum atomic E-state index is 13.8. The Morgan fingerprint density at radius 3 is 2.54 bits per heavy atom. The van der Waals surface area contributed by atoms with Crippen molar-refractivity contribution in [2.24, 2.45) is 7.05 Å². The topological polar surface area (TPSA) is 138 Å². The first-order valence-corrected chi connectivity index (χ1v) is 10.6. The quantitative estimate of drug-likeness (QED) is 0.285. The van der Waals surface area contributed by atoms with Crippen LogP contribution in [-0.2, 0) is 23.1 Å². The number of hydrogen-bond donors (Lipinski definition) is 1. The molecule has 4 rings (SSSR count). The fraction of sp³-hybridized carbons (Fsp3) is 0.409. The van der Waals surface area contributed by atoms with Crippen molar-refractivity contribution in [1.29, 1.82) is 0 Å². The standard InChI is InChI=1S/C22H25FN6O6/c1-22(21(33-3)34-4)20(30)19(16-11-15(29(31)32)9-10-17(16)35-22)28(12-18-24-26-27(2)25-18)14-7-5-13(23)6-8-14/h5-11,19-21,30H,12H2,1-4H3/t19-,20+,22-/m0/s1. The van der Waals surface area contributed by atoms with E-state index in [2.05, 4.69) is 15.4 Å². The Hall–Kier alpha value is -3.68. The number of hydrogen-bond acceptors (Lipinski definition) is 10. The largest absolute Gasteiger partial charge is 0.479 e. The predicted octanol–water partition coefficient (Wildman–Crippen LogP) is 2.14. The number of fused-ring (bicyclic) bond motifs is 1. The summed E-state index contributed by atoms with van der Waals surface area (Å²) in [4.78, 5) is 14.0. The van der Waals surface area contributed by atoms with E-state index in [4.69, 9.17) is 14.2 Å². The molecular weight excluding hydrogens is 463 g/mol. The Labute approximate surface area is 200 Å². The van der Waals surface area contributed by atoms with Gasteiger partial charge in [-0.2, -0.15) is 4.80 Å². The third kappa shape index (κ3) is 4.52. The smallest absolute Gasteiger partial charge is 0.270 e. The number of nitrogens with zero attached hydrogens (tertiary/aromatic N) is 6. The summed E-state index contributed by atoms with van der Waals surface area (Å²) in [6, 6.07) is 8.82. The summed E-state index contributed by atoms with van der Waals surface area (Å²) in [6.07, 6.45) is -2.32. The van der Waals surface area contributed by atoms with Crippen LogP contribution < -0.4 is 9.64 Å². The van der Waals surface area contributed by atoms with E-state index < -0.39 is 34.8 Å². The van der Waals surface area contributed by atoms with E-state index in [1.165, 1.54) is 61.5 Å². The molecule has 0 fully saturated rings. The molecule has 1 aliphatic heterocycles. The van der Waals surface area contributed by atoms with Gasteiger partial charge in [-0.05, 0) is 42.5 Å². The molecule has 35 heavy (non-hydrogen) atoms. The molecule has 3 atom stereocenters. The molecule has 0 spiro atoms. The molecule has 0 unspecified atom stereocenters. The number of nitro groups is 1. The third-order valence-electron chi connectivity index (χ3n) is 5.99. The van der Waals surface area contributed by atoms with Crippen molar-refractivity contribution in [1.82, 2.24) is 20.2 Å². The third-order valence-corrected chi connectivity index (χ3v) is 5.99. The van der Waals surface area contributed by atoms with Gasteiger partial charge >= 0.3 is 0 Å². The minimum absolute atomic E-state index is 0.0457. The van der Waals surface area contributed by atoms with Gasteiger partial charge < -0.3 is 24.2 Å². The van der Waals surface area contributed by atoms with Gasteiger partial charge in [-0.15, -0.1) is 10.2 Å². The average molecular weight is 488 g/mol. The summed E-state index contributed by atoms with van der Waals surface area (Å²) in [5.41, 5.74) is -0.745. The van der Waals surface area contributed by atoms with Gasteiger partial charge in [-0.1, -0.05) is 0 Å². The normalized spacial score (nSPS) is 21.5. The number of benzene rings is 2. The van der Waals surface area contributed by atoms with Gasteiger partial charge in [0.25, 0.3) is 5.69 Å². The second-order valence-corrected chi connectivity index (χ2v) is 8.26. The summed E-state index contributed by atoms with van der Waals surface area (Å²) in [5.74, 6) is 0.171. The summed E-state index contributed by atoms with van der Waals surface area (Å²) in [5, 5.41) is 35.4. The van der Waals surface area contributed by atoms with Crippen LogP contribution in [0.4, 0.5) is 15.8 Å². The molecule has 0 bridgehead atoms. The van der Waals surface area contributed by atoms with Crippen LogP contribution in [0.1, 0.15) is 24.4 Å². The van der Waals surface area contributed by atoms with E-state index in [1.54, 1.807) is 18.9 Å². The number of nitro benzene ring substituents is 1. The first-order chi connectivity index (χ1) is 16.7. The van der Waals surface area contributed by atoms with E-state index in [0.29, 0.717) is 22.8 Å². The Balaban J connectivity index is 1.92. The molecule has 1 N–H and O–H groups in total. The van der Waals surface area contributed by atoms with Crippen molar-refractivity contribution >= 4 is 11.4 Å². The second-order valence-electron chi connectivity index (χ2n) is 8.26. The van der Waals surface area contributed by atoms with E-state index >= 15 is 0 Å². The highest BCUT2D eigenvalue weighted by atomic mass is 19.1. The molecule has 0 saturated carbocycles.